The summed E-state index contributed by atoms with van der Waals surface area (Å²) in [6.07, 6.45) is -0.0405. The lowest BCUT2D eigenvalue weighted by Gasteiger charge is -2.19. The van der Waals surface area contributed by atoms with E-state index >= 15 is 0 Å². The van der Waals surface area contributed by atoms with E-state index in [1.807, 2.05) is 39.0 Å². The molecule has 23 heavy (non-hydrogen) atoms. The fourth-order valence-corrected chi connectivity index (χ4v) is 2.70. The van der Waals surface area contributed by atoms with Crippen LogP contribution in [0.25, 0.3) is 0 Å². The van der Waals surface area contributed by atoms with Gasteiger partial charge in [0.2, 0.25) is 0 Å². The molecule has 1 amide bonds. The van der Waals surface area contributed by atoms with Gasteiger partial charge >= 0.3 is 0 Å². The predicted octanol–water partition coefficient (Wildman–Crippen LogP) is 5.41. The van der Waals surface area contributed by atoms with E-state index in [0.717, 1.165) is 16.9 Å². The molecular formula is C18H19Cl2NO2. The molecular weight excluding hydrogens is 333 g/mol. The Morgan fingerprint density at radius 2 is 1.83 bits per heavy atom. The Balaban J connectivity index is 2.13. The average molecular weight is 352 g/mol. The van der Waals surface area contributed by atoms with Crippen molar-refractivity contribution in [3.8, 4) is 5.75 Å². The van der Waals surface area contributed by atoms with Crippen LogP contribution < -0.4 is 10.1 Å². The van der Waals surface area contributed by atoms with Crippen LogP contribution in [0.1, 0.15) is 24.5 Å². The van der Waals surface area contributed by atoms with Gasteiger partial charge in [0.25, 0.3) is 5.91 Å². The van der Waals surface area contributed by atoms with Crippen LogP contribution in [0.5, 0.6) is 5.75 Å². The largest absolute Gasteiger partial charge is 0.480 e. The monoisotopic (exact) mass is 351 g/mol. The van der Waals surface area contributed by atoms with E-state index in [-0.39, 0.29) is 5.91 Å². The molecule has 0 aliphatic rings. The second-order valence-electron chi connectivity index (χ2n) is 5.36. The van der Waals surface area contributed by atoms with Gasteiger partial charge in [-0.05, 0) is 55.7 Å². The van der Waals surface area contributed by atoms with Crippen LogP contribution in [-0.2, 0) is 4.79 Å². The van der Waals surface area contributed by atoms with Gasteiger partial charge < -0.3 is 10.1 Å². The lowest BCUT2D eigenvalue weighted by Crippen LogP contribution is -2.32. The Hall–Kier alpha value is -1.71. The third-order valence-corrected chi connectivity index (χ3v) is 4.05. The van der Waals surface area contributed by atoms with Gasteiger partial charge in [0.1, 0.15) is 5.75 Å². The summed E-state index contributed by atoms with van der Waals surface area (Å²) >= 11 is 11.9. The molecule has 0 bridgehead atoms. The SMILES string of the molecule is CCC(Oc1cccc(C)c1C)C(=O)Nc1cc(Cl)cc(Cl)c1. The van der Waals surface area contributed by atoms with Crippen molar-refractivity contribution in [1.82, 2.24) is 0 Å². The van der Waals surface area contributed by atoms with Gasteiger partial charge in [-0.1, -0.05) is 42.3 Å². The molecule has 1 unspecified atom stereocenters. The molecule has 0 saturated heterocycles. The van der Waals surface area contributed by atoms with Gasteiger partial charge in [-0.2, -0.15) is 0 Å². The van der Waals surface area contributed by atoms with Gasteiger partial charge in [-0.25, -0.2) is 0 Å². The van der Waals surface area contributed by atoms with Crippen molar-refractivity contribution in [3.63, 3.8) is 0 Å². The molecule has 3 nitrogen and oxygen atoms in total. The number of halogens is 2. The number of ether oxygens (including phenoxy) is 1. The minimum atomic E-state index is -0.590. The highest BCUT2D eigenvalue weighted by Crippen LogP contribution is 2.25. The van der Waals surface area contributed by atoms with Crippen molar-refractivity contribution in [2.45, 2.75) is 33.3 Å². The zero-order valence-electron chi connectivity index (χ0n) is 13.3. The molecule has 1 atom stereocenters. The average Bonchev–Trinajstić information content (AvgIpc) is 2.47. The van der Waals surface area contributed by atoms with Gasteiger partial charge in [-0.3, -0.25) is 4.79 Å². The number of aryl methyl sites for hydroxylation is 1. The normalized spacial score (nSPS) is 11.9. The Morgan fingerprint density at radius 3 is 2.43 bits per heavy atom. The number of benzene rings is 2. The summed E-state index contributed by atoms with van der Waals surface area (Å²) in [7, 11) is 0. The second-order valence-corrected chi connectivity index (χ2v) is 6.23. The Labute approximate surface area is 146 Å². The smallest absolute Gasteiger partial charge is 0.265 e. The number of rotatable bonds is 5. The molecule has 0 spiro atoms. The van der Waals surface area contributed by atoms with E-state index in [4.69, 9.17) is 27.9 Å². The number of carbonyl (C=O) groups is 1. The van der Waals surface area contributed by atoms with Crippen LogP contribution in [0.2, 0.25) is 10.0 Å². The van der Waals surface area contributed by atoms with Crippen LogP contribution in [-0.4, -0.2) is 12.0 Å². The molecule has 0 aliphatic heterocycles. The summed E-state index contributed by atoms with van der Waals surface area (Å²) in [4.78, 5) is 12.4. The molecule has 122 valence electrons. The third-order valence-electron chi connectivity index (χ3n) is 3.62. The van der Waals surface area contributed by atoms with Crippen LogP contribution in [0.3, 0.4) is 0 Å². The molecule has 2 aromatic rings. The fraction of sp³-hybridized carbons (Fsp3) is 0.278. The van der Waals surface area contributed by atoms with Gasteiger partial charge in [-0.15, -0.1) is 0 Å². The summed E-state index contributed by atoms with van der Waals surface area (Å²) in [5, 5.41) is 3.73. The standard InChI is InChI=1S/C18H19Cl2NO2/c1-4-16(23-17-7-5-6-11(2)12(17)3)18(22)21-15-9-13(19)8-14(20)10-15/h5-10,16H,4H2,1-3H3,(H,21,22). The van der Waals surface area contributed by atoms with Crippen molar-refractivity contribution >= 4 is 34.8 Å². The lowest BCUT2D eigenvalue weighted by atomic mass is 10.1. The highest BCUT2D eigenvalue weighted by atomic mass is 35.5. The summed E-state index contributed by atoms with van der Waals surface area (Å²) < 4.78 is 5.89. The summed E-state index contributed by atoms with van der Waals surface area (Å²) in [6, 6.07) is 10.7. The number of nitrogens with one attached hydrogen (secondary N) is 1. The zero-order chi connectivity index (χ0) is 17.0. The molecule has 5 heteroatoms. The number of hydrogen-bond acceptors (Lipinski definition) is 2. The Bertz CT molecular complexity index is 696. The van der Waals surface area contributed by atoms with Crippen molar-refractivity contribution in [3.05, 3.63) is 57.6 Å². The maximum atomic E-state index is 12.4. The molecule has 0 radical (unpaired) electrons. The molecule has 0 heterocycles. The Kier molecular flexibility index (Phi) is 5.91. The van der Waals surface area contributed by atoms with E-state index in [1.54, 1.807) is 18.2 Å². The molecule has 2 rings (SSSR count). The first kappa shape index (κ1) is 17.6. The van der Waals surface area contributed by atoms with Crippen LogP contribution in [0.4, 0.5) is 5.69 Å². The van der Waals surface area contributed by atoms with Crippen molar-refractivity contribution in [2.24, 2.45) is 0 Å². The lowest BCUT2D eigenvalue weighted by molar-refractivity contribution is -0.122. The second kappa shape index (κ2) is 7.71. The van der Waals surface area contributed by atoms with E-state index < -0.39 is 6.10 Å². The van der Waals surface area contributed by atoms with Crippen molar-refractivity contribution in [2.75, 3.05) is 5.32 Å². The summed E-state index contributed by atoms with van der Waals surface area (Å²) in [5.41, 5.74) is 2.71. The number of anilines is 1. The molecule has 1 N–H and O–H groups in total. The van der Waals surface area contributed by atoms with E-state index in [2.05, 4.69) is 5.32 Å². The number of hydrogen-bond donors (Lipinski definition) is 1. The van der Waals surface area contributed by atoms with Crippen molar-refractivity contribution < 1.29 is 9.53 Å². The van der Waals surface area contributed by atoms with Gasteiger partial charge in [0.05, 0.1) is 0 Å². The topological polar surface area (TPSA) is 38.3 Å². The van der Waals surface area contributed by atoms with Gasteiger partial charge in [0.15, 0.2) is 6.10 Å². The fourth-order valence-electron chi connectivity index (χ4n) is 2.18. The highest BCUT2D eigenvalue weighted by molar-refractivity contribution is 6.35. The molecule has 2 aromatic carbocycles. The summed E-state index contributed by atoms with van der Waals surface area (Å²) in [6.45, 7) is 5.89. The quantitative estimate of drug-likeness (QED) is 0.782. The van der Waals surface area contributed by atoms with E-state index in [1.165, 1.54) is 0 Å². The Morgan fingerprint density at radius 1 is 1.17 bits per heavy atom. The highest BCUT2D eigenvalue weighted by Gasteiger charge is 2.20. The maximum Gasteiger partial charge on any atom is 0.265 e. The van der Waals surface area contributed by atoms with Crippen molar-refractivity contribution in [1.29, 1.82) is 0 Å². The minimum absolute atomic E-state index is 0.230. The number of carbonyl (C=O) groups excluding carboxylic acids is 1. The van der Waals surface area contributed by atoms with E-state index in [9.17, 15) is 4.79 Å². The summed E-state index contributed by atoms with van der Waals surface area (Å²) in [5.74, 6) is 0.489. The third kappa shape index (κ3) is 4.63. The zero-order valence-corrected chi connectivity index (χ0v) is 14.8. The molecule has 0 aliphatic carbocycles. The molecule has 0 saturated carbocycles. The molecule has 0 fully saturated rings. The van der Waals surface area contributed by atoms with Crippen LogP contribution in [0, 0.1) is 13.8 Å². The van der Waals surface area contributed by atoms with E-state index in [0.29, 0.717) is 22.2 Å². The number of amides is 1. The minimum Gasteiger partial charge on any atom is -0.480 e. The van der Waals surface area contributed by atoms with Crippen LogP contribution in [0.15, 0.2) is 36.4 Å². The maximum absolute atomic E-state index is 12.4. The predicted molar refractivity (Wildman–Crippen MR) is 95.7 cm³/mol. The first-order valence-corrected chi connectivity index (χ1v) is 8.16. The first-order chi connectivity index (χ1) is 10.9. The molecule has 0 aromatic heterocycles. The first-order valence-electron chi connectivity index (χ1n) is 7.40. The van der Waals surface area contributed by atoms with Gasteiger partial charge in [0, 0.05) is 15.7 Å². The van der Waals surface area contributed by atoms with Crippen LogP contribution >= 0.6 is 23.2 Å².